The molecule has 1 heterocycles. The third-order valence-corrected chi connectivity index (χ3v) is 4.79. The maximum absolute atomic E-state index is 13.0. The summed E-state index contributed by atoms with van der Waals surface area (Å²) in [5.74, 6) is 0.582. The van der Waals surface area contributed by atoms with Crippen LogP contribution in [0.2, 0.25) is 0 Å². The smallest absolute Gasteiger partial charge is 0.252 e. The molecule has 0 aliphatic carbocycles. The zero-order valence-corrected chi connectivity index (χ0v) is 16.0. The summed E-state index contributed by atoms with van der Waals surface area (Å²) < 4.78 is 7.42. The van der Waals surface area contributed by atoms with Gasteiger partial charge in [-0.1, -0.05) is 48.5 Å². The summed E-state index contributed by atoms with van der Waals surface area (Å²) in [5.41, 5.74) is 3.43. The summed E-state index contributed by atoms with van der Waals surface area (Å²) in [4.78, 5) is 17.1. The van der Waals surface area contributed by atoms with Crippen molar-refractivity contribution in [3.63, 3.8) is 0 Å². The van der Waals surface area contributed by atoms with Gasteiger partial charge in [0, 0.05) is 29.2 Å². The van der Waals surface area contributed by atoms with Crippen LogP contribution in [0.5, 0.6) is 5.75 Å². The van der Waals surface area contributed by atoms with Crippen molar-refractivity contribution >= 4 is 5.91 Å². The molecule has 5 heteroatoms. The van der Waals surface area contributed by atoms with Gasteiger partial charge in [0.1, 0.15) is 5.75 Å². The zero-order chi connectivity index (χ0) is 20.1. The van der Waals surface area contributed by atoms with Crippen LogP contribution in [0.25, 0.3) is 5.69 Å². The highest BCUT2D eigenvalue weighted by Gasteiger charge is 2.21. The van der Waals surface area contributed by atoms with Gasteiger partial charge in [0.2, 0.25) is 0 Å². The summed E-state index contributed by atoms with van der Waals surface area (Å²) in [5, 5.41) is 3.16. The first kappa shape index (κ1) is 18.5. The predicted molar refractivity (Wildman–Crippen MR) is 112 cm³/mol. The van der Waals surface area contributed by atoms with Crippen LogP contribution in [-0.2, 0) is 0 Å². The Hall–Kier alpha value is -3.86. The van der Waals surface area contributed by atoms with Gasteiger partial charge in [-0.3, -0.25) is 4.79 Å². The molecule has 0 aliphatic rings. The Kier molecular flexibility index (Phi) is 5.38. The van der Waals surface area contributed by atoms with E-state index in [0.29, 0.717) is 5.56 Å². The first-order chi connectivity index (χ1) is 14.3. The average Bonchev–Trinajstić information content (AvgIpc) is 3.33. The molecule has 4 aromatic rings. The number of ether oxygens (including phenoxy) is 1. The Morgan fingerprint density at radius 3 is 2.38 bits per heavy atom. The minimum absolute atomic E-state index is 0.151. The molecule has 0 spiro atoms. The van der Waals surface area contributed by atoms with E-state index >= 15 is 0 Å². The molecule has 0 radical (unpaired) electrons. The maximum Gasteiger partial charge on any atom is 0.252 e. The molecule has 0 aliphatic heterocycles. The monoisotopic (exact) mass is 383 g/mol. The van der Waals surface area contributed by atoms with E-state index in [0.717, 1.165) is 22.6 Å². The minimum Gasteiger partial charge on any atom is -0.496 e. The third-order valence-electron chi connectivity index (χ3n) is 4.79. The van der Waals surface area contributed by atoms with Gasteiger partial charge in [-0.15, -0.1) is 0 Å². The molecule has 1 unspecified atom stereocenters. The van der Waals surface area contributed by atoms with Gasteiger partial charge >= 0.3 is 0 Å². The molecule has 29 heavy (non-hydrogen) atoms. The van der Waals surface area contributed by atoms with E-state index in [4.69, 9.17) is 4.74 Å². The number of carbonyl (C=O) groups is 1. The number of amides is 1. The molecular formula is C24H21N3O2. The molecule has 0 saturated carbocycles. The predicted octanol–water partition coefficient (Wildman–Crippen LogP) is 4.40. The second-order valence-electron chi connectivity index (χ2n) is 6.58. The first-order valence-corrected chi connectivity index (χ1v) is 9.33. The van der Waals surface area contributed by atoms with E-state index in [-0.39, 0.29) is 11.9 Å². The second kappa shape index (κ2) is 8.44. The van der Waals surface area contributed by atoms with Crippen molar-refractivity contribution in [1.82, 2.24) is 14.9 Å². The average molecular weight is 383 g/mol. The standard InChI is InChI=1S/C24H21N3O2/c1-29-22-10-6-5-9-21(22)23(18-7-3-2-4-8-18)26-24(28)19-11-13-20(14-12-19)27-16-15-25-17-27/h2-17,23H,1H3,(H,26,28). The molecule has 1 N–H and O–H groups in total. The highest BCUT2D eigenvalue weighted by atomic mass is 16.5. The van der Waals surface area contributed by atoms with Crippen molar-refractivity contribution < 1.29 is 9.53 Å². The Bertz CT molecular complexity index is 1070. The molecule has 1 aromatic heterocycles. The molecule has 5 nitrogen and oxygen atoms in total. The van der Waals surface area contributed by atoms with Gasteiger partial charge in [-0.05, 0) is 35.9 Å². The minimum atomic E-state index is -0.326. The summed E-state index contributed by atoms with van der Waals surface area (Å²) >= 11 is 0. The van der Waals surface area contributed by atoms with Gasteiger partial charge in [0.15, 0.2) is 0 Å². The molecular weight excluding hydrogens is 362 g/mol. The quantitative estimate of drug-likeness (QED) is 0.537. The summed E-state index contributed by atoms with van der Waals surface area (Å²) in [7, 11) is 1.64. The maximum atomic E-state index is 13.0. The lowest BCUT2D eigenvalue weighted by Crippen LogP contribution is -2.29. The number of hydrogen-bond donors (Lipinski definition) is 1. The molecule has 1 amide bonds. The van der Waals surface area contributed by atoms with Gasteiger partial charge in [0.25, 0.3) is 5.91 Å². The van der Waals surface area contributed by atoms with Crippen LogP contribution in [0.1, 0.15) is 27.5 Å². The van der Waals surface area contributed by atoms with Crippen LogP contribution < -0.4 is 10.1 Å². The zero-order valence-electron chi connectivity index (χ0n) is 16.0. The SMILES string of the molecule is COc1ccccc1C(NC(=O)c1ccc(-n2ccnc2)cc1)c1ccccc1. The lowest BCUT2D eigenvalue weighted by Gasteiger charge is -2.22. The normalized spacial score (nSPS) is 11.6. The highest BCUT2D eigenvalue weighted by Crippen LogP contribution is 2.30. The number of nitrogens with zero attached hydrogens (tertiary/aromatic N) is 2. The fourth-order valence-corrected chi connectivity index (χ4v) is 3.30. The van der Waals surface area contributed by atoms with Crippen LogP contribution in [0.3, 0.4) is 0 Å². The molecule has 144 valence electrons. The van der Waals surface area contributed by atoms with Gasteiger partial charge < -0.3 is 14.6 Å². The fourth-order valence-electron chi connectivity index (χ4n) is 3.30. The van der Waals surface area contributed by atoms with Crippen LogP contribution in [0.15, 0.2) is 97.6 Å². The first-order valence-electron chi connectivity index (χ1n) is 9.33. The number of para-hydroxylation sites is 1. The highest BCUT2D eigenvalue weighted by molar-refractivity contribution is 5.95. The Labute approximate surface area is 169 Å². The molecule has 4 rings (SSSR count). The Balaban J connectivity index is 1.63. The van der Waals surface area contributed by atoms with E-state index in [1.807, 2.05) is 89.6 Å². The van der Waals surface area contributed by atoms with Gasteiger partial charge in [-0.25, -0.2) is 4.98 Å². The summed E-state index contributed by atoms with van der Waals surface area (Å²) in [6.07, 6.45) is 5.31. The molecule has 0 fully saturated rings. The van der Waals surface area contributed by atoms with Crippen molar-refractivity contribution in [2.24, 2.45) is 0 Å². The van der Waals surface area contributed by atoms with E-state index in [1.54, 1.807) is 19.6 Å². The largest absolute Gasteiger partial charge is 0.496 e. The number of carbonyl (C=O) groups excluding carboxylic acids is 1. The van der Waals surface area contributed by atoms with Gasteiger partial charge in [0.05, 0.1) is 19.5 Å². The van der Waals surface area contributed by atoms with Crippen molar-refractivity contribution in [3.05, 3.63) is 114 Å². The Morgan fingerprint density at radius 2 is 1.69 bits per heavy atom. The third kappa shape index (κ3) is 4.04. The number of benzene rings is 3. The summed E-state index contributed by atoms with van der Waals surface area (Å²) in [6.45, 7) is 0. The number of imidazole rings is 1. The van der Waals surface area contributed by atoms with E-state index in [1.165, 1.54) is 0 Å². The molecule has 0 saturated heterocycles. The van der Waals surface area contributed by atoms with Crippen molar-refractivity contribution in [2.45, 2.75) is 6.04 Å². The molecule has 3 aromatic carbocycles. The van der Waals surface area contributed by atoms with Crippen molar-refractivity contribution in [1.29, 1.82) is 0 Å². The van der Waals surface area contributed by atoms with Gasteiger partial charge in [-0.2, -0.15) is 0 Å². The topological polar surface area (TPSA) is 56.1 Å². The van der Waals surface area contributed by atoms with Crippen LogP contribution >= 0.6 is 0 Å². The molecule has 0 bridgehead atoms. The lowest BCUT2D eigenvalue weighted by atomic mass is 9.97. The van der Waals surface area contributed by atoms with E-state index in [9.17, 15) is 4.79 Å². The number of rotatable bonds is 6. The second-order valence-corrected chi connectivity index (χ2v) is 6.58. The van der Waals surface area contributed by atoms with E-state index in [2.05, 4.69) is 10.3 Å². The Morgan fingerprint density at radius 1 is 0.966 bits per heavy atom. The van der Waals surface area contributed by atoms with Crippen LogP contribution in [0, 0.1) is 0 Å². The van der Waals surface area contributed by atoms with Crippen LogP contribution in [0.4, 0.5) is 0 Å². The molecule has 1 atom stereocenters. The number of nitrogens with one attached hydrogen (secondary N) is 1. The van der Waals surface area contributed by atoms with Crippen molar-refractivity contribution in [3.8, 4) is 11.4 Å². The number of aromatic nitrogens is 2. The number of methoxy groups -OCH3 is 1. The lowest BCUT2D eigenvalue weighted by molar-refractivity contribution is 0.0942. The summed E-state index contributed by atoms with van der Waals surface area (Å²) in [6, 6.07) is 24.7. The van der Waals surface area contributed by atoms with E-state index < -0.39 is 0 Å². The van der Waals surface area contributed by atoms with Crippen molar-refractivity contribution in [2.75, 3.05) is 7.11 Å². The fraction of sp³-hybridized carbons (Fsp3) is 0.0833. The number of hydrogen-bond acceptors (Lipinski definition) is 3. The van der Waals surface area contributed by atoms with Crippen LogP contribution in [-0.4, -0.2) is 22.6 Å².